The van der Waals surface area contributed by atoms with Crippen LogP contribution in [0.15, 0.2) is 0 Å². The van der Waals surface area contributed by atoms with E-state index in [0.29, 0.717) is 6.54 Å². The van der Waals surface area contributed by atoms with Gasteiger partial charge in [-0.05, 0) is 47.5 Å². The minimum atomic E-state index is -0.720. The molecule has 5 heteroatoms. The highest BCUT2D eigenvalue weighted by Gasteiger charge is 2.46. The van der Waals surface area contributed by atoms with E-state index in [1.807, 2.05) is 34.6 Å². The lowest BCUT2D eigenvalue weighted by atomic mass is 9.83. The zero-order valence-electron chi connectivity index (χ0n) is 12.8. The molecular formula is C14H25NO4. The van der Waals surface area contributed by atoms with E-state index >= 15 is 0 Å². The van der Waals surface area contributed by atoms with Gasteiger partial charge in [0.25, 0.3) is 0 Å². The molecule has 1 aliphatic rings. The lowest BCUT2D eigenvalue weighted by Gasteiger charge is -2.36. The number of esters is 1. The van der Waals surface area contributed by atoms with E-state index < -0.39 is 11.0 Å². The van der Waals surface area contributed by atoms with Crippen LogP contribution in [0, 0.1) is 5.41 Å². The van der Waals surface area contributed by atoms with Crippen molar-refractivity contribution in [2.45, 2.75) is 59.1 Å². The standard InChI is InChI=1S/C14H25NO4/c1-13(2,3)19-12(17)15-9-7-8-10(15)14(4,5)11(16)18-6/h10H,7-9H2,1-6H3. The molecule has 0 aromatic rings. The van der Waals surface area contributed by atoms with Crippen molar-refractivity contribution in [1.29, 1.82) is 0 Å². The molecule has 1 heterocycles. The van der Waals surface area contributed by atoms with E-state index in [2.05, 4.69) is 0 Å². The Labute approximate surface area is 115 Å². The fourth-order valence-electron chi connectivity index (χ4n) is 2.46. The second kappa shape index (κ2) is 5.39. The van der Waals surface area contributed by atoms with Gasteiger partial charge in [0.1, 0.15) is 5.60 Å². The average molecular weight is 271 g/mol. The van der Waals surface area contributed by atoms with Crippen molar-refractivity contribution in [1.82, 2.24) is 4.90 Å². The Balaban J connectivity index is 2.85. The number of methoxy groups -OCH3 is 1. The van der Waals surface area contributed by atoms with Crippen LogP contribution in [-0.2, 0) is 14.3 Å². The number of hydrogen-bond acceptors (Lipinski definition) is 4. The third-order valence-electron chi connectivity index (χ3n) is 3.43. The van der Waals surface area contributed by atoms with Gasteiger partial charge in [0.05, 0.1) is 18.6 Å². The van der Waals surface area contributed by atoms with E-state index in [1.54, 1.807) is 4.90 Å². The van der Waals surface area contributed by atoms with Crippen molar-refractivity contribution in [3.8, 4) is 0 Å². The van der Waals surface area contributed by atoms with Crippen LogP contribution in [0.25, 0.3) is 0 Å². The van der Waals surface area contributed by atoms with Gasteiger partial charge < -0.3 is 14.4 Å². The molecule has 1 aliphatic heterocycles. The van der Waals surface area contributed by atoms with Crippen LogP contribution in [0.4, 0.5) is 4.79 Å². The molecule has 0 N–H and O–H groups in total. The number of carbonyl (C=O) groups excluding carboxylic acids is 2. The molecule has 5 nitrogen and oxygen atoms in total. The fraction of sp³-hybridized carbons (Fsp3) is 0.857. The predicted octanol–water partition coefficient (Wildman–Crippen LogP) is 2.59. The molecule has 1 unspecified atom stereocenters. The van der Waals surface area contributed by atoms with Crippen LogP contribution in [-0.4, -0.2) is 42.3 Å². The largest absolute Gasteiger partial charge is 0.469 e. The Morgan fingerprint density at radius 1 is 1.16 bits per heavy atom. The number of nitrogens with zero attached hydrogens (tertiary/aromatic N) is 1. The molecule has 0 aromatic carbocycles. The van der Waals surface area contributed by atoms with Gasteiger partial charge in [-0.2, -0.15) is 0 Å². The lowest BCUT2D eigenvalue weighted by molar-refractivity contribution is -0.153. The minimum Gasteiger partial charge on any atom is -0.469 e. The van der Waals surface area contributed by atoms with Crippen LogP contribution >= 0.6 is 0 Å². The monoisotopic (exact) mass is 271 g/mol. The molecule has 1 fully saturated rings. The third-order valence-corrected chi connectivity index (χ3v) is 3.43. The lowest BCUT2D eigenvalue weighted by Crippen LogP contribution is -2.49. The van der Waals surface area contributed by atoms with E-state index in [1.165, 1.54) is 7.11 Å². The van der Waals surface area contributed by atoms with Gasteiger partial charge >= 0.3 is 12.1 Å². The van der Waals surface area contributed by atoms with Gasteiger partial charge in [-0.3, -0.25) is 4.79 Å². The van der Waals surface area contributed by atoms with Gasteiger partial charge in [0.15, 0.2) is 0 Å². The summed E-state index contributed by atoms with van der Waals surface area (Å²) < 4.78 is 10.2. The molecule has 1 saturated heterocycles. The second-order valence-corrected chi connectivity index (χ2v) is 6.55. The molecule has 0 saturated carbocycles. The normalized spacial score (nSPS) is 20.3. The van der Waals surface area contributed by atoms with Gasteiger partial charge in [-0.15, -0.1) is 0 Å². The Hall–Kier alpha value is -1.26. The summed E-state index contributed by atoms with van der Waals surface area (Å²) in [6, 6.07) is -0.171. The first kappa shape index (κ1) is 15.8. The number of hydrogen-bond donors (Lipinski definition) is 0. The minimum absolute atomic E-state index is 0.171. The quantitative estimate of drug-likeness (QED) is 0.724. The van der Waals surface area contributed by atoms with Crippen molar-refractivity contribution in [2.75, 3.05) is 13.7 Å². The molecule has 1 atom stereocenters. The zero-order valence-corrected chi connectivity index (χ0v) is 12.8. The third kappa shape index (κ3) is 3.61. The first-order chi connectivity index (χ1) is 8.59. The fourth-order valence-corrected chi connectivity index (χ4v) is 2.46. The summed E-state index contributed by atoms with van der Waals surface area (Å²) in [7, 11) is 1.37. The Morgan fingerprint density at radius 2 is 1.74 bits per heavy atom. The number of amides is 1. The summed E-state index contributed by atoms with van der Waals surface area (Å²) in [6.07, 6.45) is 1.32. The van der Waals surface area contributed by atoms with Crippen molar-refractivity contribution < 1.29 is 19.1 Å². The number of rotatable bonds is 2. The van der Waals surface area contributed by atoms with Gasteiger partial charge in [-0.1, -0.05) is 0 Å². The summed E-state index contributed by atoms with van der Waals surface area (Å²) >= 11 is 0. The molecule has 1 amide bonds. The maximum Gasteiger partial charge on any atom is 0.410 e. The summed E-state index contributed by atoms with van der Waals surface area (Å²) in [4.78, 5) is 25.7. The van der Waals surface area contributed by atoms with Gasteiger partial charge in [-0.25, -0.2) is 4.79 Å². The SMILES string of the molecule is COC(=O)C(C)(C)C1CCCN1C(=O)OC(C)(C)C. The van der Waals surface area contributed by atoms with Crippen molar-refractivity contribution in [3.05, 3.63) is 0 Å². The molecular weight excluding hydrogens is 246 g/mol. The van der Waals surface area contributed by atoms with Crippen molar-refractivity contribution in [3.63, 3.8) is 0 Å². The molecule has 1 rings (SSSR count). The van der Waals surface area contributed by atoms with Crippen molar-refractivity contribution in [2.24, 2.45) is 5.41 Å². The van der Waals surface area contributed by atoms with E-state index in [0.717, 1.165) is 12.8 Å². The van der Waals surface area contributed by atoms with E-state index in [4.69, 9.17) is 9.47 Å². The Kier molecular flexibility index (Phi) is 4.48. The highest BCUT2D eigenvalue weighted by molar-refractivity contribution is 5.78. The number of ether oxygens (including phenoxy) is 2. The number of likely N-dealkylation sites (tertiary alicyclic amines) is 1. The molecule has 0 aliphatic carbocycles. The van der Waals surface area contributed by atoms with Crippen LogP contribution in [0.2, 0.25) is 0 Å². The first-order valence-corrected chi connectivity index (χ1v) is 6.67. The average Bonchev–Trinajstić information content (AvgIpc) is 2.74. The summed E-state index contributed by atoms with van der Waals surface area (Å²) in [5, 5.41) is 0. The highest BCUT2D eigenvalue weighted by atomic mass is 16.6. The molecule has 0 aromatic heterocycles. The maximum atomic E-state index is 12.2. The molecule has 0 bridgehead atoms. The first-order valence-electron chi connectivity index (χ1n) is 6.67. The van der Waals surface area contributed by atoms with E-state index in [-0.39, 0.29) is 18.1 Å². The molecule has 110 valence electrons. The van der Waals surface area contributed by atoms with Crippen LogP contribution in [0.1, 0.15) is 47.5 Å². The Bertz CT molecular complexity index is 357. The van der Waals surface area contributed by atoms with Crippen LogP contribution in [0.5, 0.6) is 0 Å². The molecule has 19 heavy (non-hydrogen) atoms. The molecule has 0 radical (unpaired) electrons. The smallest absolute Gasteiger partial charge is 0.410 e. The van der Waals surface area contributed by atoms with Gasteiger partial charge in [0.2, 0.25) is 0 Å². The van der Waals surface area contributed by atoms with E-state index in [9.17, 15) is 9.59 Å². The highest BCUT2D eigenvalue weighted by Crippen LogP contribution is 2.35. The maximum absolute atomic E-state index is 12.2. The van der Waals surface area contributed by atoms with Crippen LogP contribution < -0.4 is 0 Å². The van der Waals surface area contributed by atoms with Crippen LogP contribution in [0.3, 0.4) is 0 Å². The second-order valence-electron chi connectivity index (χ2n) is 6.55. The topological polar surface area (TPSA) is 55.8 Å². The number of carbonyl (C=O) groups is 2. The summed E-state index contributed by atoms with van der Waals surface area (Å²) in [5.74, 6) is -0.298. The summed E-state index contributed by atoms with van der Waals surface area (Å²) in [5.41, 5.74) is -1.25. The summed E-state index contributed by atoms with van der Waals surface area (Å²) in [6.45, 7) is 9.75. The van der Waals surface area contributed by atoms with Gasteiger partial charge in [0, 0.05) is 6.54 Å². The predicted molar refractivity (Wildman–Crippen MR) is 71.8 cm³/mol. The zero-order chi connectivity index (χ0) is 14.8. The Morgan fingerprint density at radius 3 is 2.21 bits per heavy atom. The molecule has 0 spiro atoms. The van der Waals surface area contributed by atoms with Crippen molar-refractivity contribution >= 4 is 12.1 Å².